The molecule has 0 aliphatic rings. The molecule has 7 heteroatoms. The van der Waals surface area contributed by atoms with Crippen molar-refractivity contribution in [3.8, 4) is 33.9 Å². The lowest BCUT2D eigenvalue weighted by molar-refractivity contribution is 0.628. The van der Waals surface area contributed by atoms with Crippen LogP contribution >= 0.6 is 0 Å². The van der Waals surface area contributed by atoms with Gasteiger partial charge in [0.05, 0.1) is 16.7 Å². The van der Waals surface area contributed by atoms with Gasteiger partial charge in [-0.25, -0.2) is 9.37 Å². The van der Waals surface area contributed by atoms with Crippen molar-refractivity contribution in [3.63, 3.8) is 0 Å². The molecule has 0 aliphatic carbocycles. The molecule has 0 aliphatic heterocycles. The van der Waals surface area contributed by atoms with Crippen LogP contribution < -0.4 is 0 Å². The van der Waals surface area contributed by atoms with E-state index in [1.165, 1.54) is 12.1 Å². The minimum absolute atomic E-state index is 0.286. The van der Waals surface area contributed by atoms with Crippen LogP contribution in [0.15, 0.2) is 73.2 Å². The van der Waals surface area contributed by atoms with Gasteiger partial charge in [-0.05, 0) is 66.6 Å². The van der Waals surface area contributed by atoms with Gasteiger partial charge in [-0.15, -0.1) is 0 Å². The minimum atomic E-state index is -0.286. The number of aromatic nitrogens is 6. The van der Waals surface area contributed by atoms with Gasteiger partial charge in [0.2, 0.25) is 0 Å². The van der Waals surface area contributed by atoms with Crippen LogP contribution in [0.1, 0.15) is 5.56 Å². The zero-order chi connectivity index (χ0) is 21.7. The van der Waals surface area contributed by atoms with Gasteiger partial charge >= 0.3 is 0 Å². The number of nitrogens with zero attached hydrogens (tertiary/aromatic N) is 4. The highest BCUT2D eigenvalue weighted by Gasteiger charge is 2.16. The van der Waals surface area contributed by atoms with Gasteiger partial charge in [-0.1, -0.05) is 6.07 Å². The number of halogens is 1. The maximum absolute atomic E-state index is 13.4. The number of hydrogen-bond acceptors (Lipinski definition) is 4. The maximum atomic E-state index is 13.4. The Morgan fingerprint density at radius 1 is 0.844 bits per heavy atom. The average Bonchev–Trinajstić information content (AvgIpc) is 3.43. The summed E-state index contributed by atoms with van der Waals surface area (Å²) < 4.78 is 13.4. The second kappa shape index (κ2) is 7.09. The predicted molar refractivity (Wildman–Crippen MR) is 122 cm³/mol. The van der Waals surface area contributed by atoms with Crippen LogP contribution in [-0.4, -0.2) is 30.1 Å². The Morgan fingerprint density at radius 2 is 1.69 bits per heavy atom. The van der Waals surface area contributed by atoms with Crippen LogP contribution in [0.25, 0.3) is 55.8 Å². The average molecular weight is 420 g/mol. The van der Waals surface area contributed by atoms with Crippen molar-refractivity contribution in [2.24, 2.45) is 0 Å². The summed E-state index contributed by atoms with van der Waals surface area (Å²) >= 11 is 0. The smallest absolute Gasteiger partial charge is 0.159 e. The normalized spacial score (nSPS) is 11.4. The van der Waals surface area contributed by atoms with Crippen molar-refractivity contribution >= 4 is 21.9 Å². The van der Waals surface area contributed by atoms with Gasteiger partial charge < -0.3 is 4.98 Å². The van der Waals surface area contributed by atoms with E-state index in [1.54, 1.807) is 24.5 Å². The number of hydrogen-bond donors (Lipinski definition) is 2. The van der Waals surface area contributed by atoms with Crippen LogP contribution in [0.3, 0.4) is 0 Å². The first-order chi connectivity index (χ1) is 15.7. The van der Waals surface area contributed by atoms with E-state index in [4.69, 9.17) is 4.98 Å². The highest BCUT2D eigenvalue weighted by Crippen LogP contribution is 2.32. The van der Waals surface area contributed by atoms with Gasteiger partial charge in [0.25, 0.3) is 0 Å². The summed E-state index contributed by atoms with van der Waals surface area (Å²) in [7, 11) is 0. The monoisotopic (exact) mass is 420 g/mol. The molecule has 2 aromatic carbocycles. The summed E-state index contributed by atoms with van der Waals surface area (Å²) in [6, 6.07) is 16.3. The van der Waals surface area contributed by atoms with E-state index in [1.807, 2.05) is 24.4 Å². The van der Waals surface area contributed by atoms with E-state index in [2.05, 4.69) is 44.2 Å². The molecule has 0 unspecified atom stereocenters. The molecule has 4 aromatic heterocycles. The van der Waals surface area contributed by atoms with Crippen LogP contribution in [-0.2, 0) is 0 Å². The molecule has 0 bridgehead atoms. The fourth-order valence-corrected chi connectivity index (χ4v) is 3.99. The molecule has 154 valence electrons. The molecule has 6 nitrogen and oxygen atoms in total. The fourth-order valence-electron chi connectivity index (χ4n) is 3.99. The van der Waals surface area contributed by atoms with E-state index in [-0.39, 0.29) is 5.82 Å². The largest absolute Gasteiger partial charge is 0.336 e. The molecule has 0 radical (unpaired) electrons. The highest BCUT2D eigenvalue weighted by atomic mass is 19.1. The van der Waals surface area contributed by atoms with Crippen molar-refractivity contribution in [1.82, 2.24) is 30.1 Å². The van der Waals surface area contributed by atoms with Crippen molar-refractivity contribution in [2.45, 2.75) is 6.92 Å². The quantitative estimate of drug-likeness (QED) is 0.386. The summed E-state index contributed by atoms with van der Waals surface area (Å²) in [5.74, 6) is 0.356. The Morgan fingerprint density at radius 3 is 2.53 bits per heavy atom. The lowest BCUT2D eigenvalue weighted by Gasteiger charge is -2.05. The Balaban J connectivity index is 1.51. The van der Waals surface area contributed by atoms with Crippen molar-refractivity contribution in [3.05, 3.63) is 84.6 Å². The Kier molecular flexibility index (Phi) is 4.07. The summed E-state index contributed by atoms with van der Waals surface area (Å²) in [4.78, 5) is 16.9. The molecule has 6 aromatic rings. The molecule has 6 rings (SSSR count). The van der Waals surface area contributed by atoms with E-state index < -0.39 is 0 Å². The molecule has 4 heterocycles. The van der Waals surface area contributed by atoms with E-state index in [0.717, 1.165) is 44.4 Å². The topological polar surface area (TPSA) is 83.1 Å². The molecular formula is C25H17FN6. The second-order valence-corrected chi connectivity index (χ2v) is 7.67. The number of benzene rings is 2. The number of fused-ring (bicyclic) bond motifs is 2. The number of H-pyrrole nitrogens is 2. The third-order valence-corrected chi connectivity index (χ3v) is 5.66. The SMILES string of the molecule is Cc1ccncc1-c1ccc2[nH]nc(-c3nc4c(-c5ccc(F)cc5)nccc4[nH]3)c2c1. The van der Waals surface area contributed by atoms with Crippen molar-refractivity contribution < 1.29 is 4.39 Å². The predicted octanol–water partition coefficient (Wildman–Crippen LogP) is 5.68. The number of nitrogens with one attached hydrogen (secondary N) is 2. The first-order valence-corrected chi connectivity index (χ1v) is 10.2. The first kappa shape index (κ1) is 18.4. The van der Waals surface area contributed by atoms with Crippen LogP contribution in [0.2, 0.25) is 0 Å². The third kappa shape index (κ3) is 2.94. The van der Waals surface area contributed by atoms with E-state index in [9.17, 15) is 4.39 Å². The Bertz CT molecular complexity index is 1600. The van der Waals surface area contributed by atoms with Gasteiger partial charge in [-0.3, -0.25) is 15.1 Å². The molecule has 0 atom stereocenters. The standard InChI is InChI=1S/C25H17FN6/c1-14-8-10-27-13-19(14)16-4-7-20-18(12-16)23(32-31-20)25-29-21-9-11-28-22(24(21)30-25)15-2-5-17(26)6-3-15/h2-13H,1H3,(H,29,30)(H,31,32). The lowest BCUT2D eigenvalue weighted by atomic mass is 10.0. The Labute approximate surface area is 182 Å². The summed E-state index contributed by atoms with van der Waals surface area (Å²) in [6.07, 6.45) is 5.38. The molecule has 0 saturated heterocycles. The molecule has 0 spiro atoms. The van der Waals surface area contributed by atoms with Gasteiger partial charge in [0.1, 0.15) is 17.0 Å². The number of imidazole rings is 1. The Hall–Kier alpha value is -4.39. The van der Waals surface area contributed by atoms with Crippen LogP contribution in [0, 0.1) is 12.7 Å². The molecule has 32 heavy (non-hydrogen) atoms. The van der Waals surface area contributed by atoms with E-state index >= 15 is 0 Å². The number of aryl methyl sites for hydroxylation is 1. The van der Waals surface area contributed by atoms with Crippen LogP contribution in [0.5, 0.6) is 0 Å². The van der Waals surface area contributed by atoms with Crippen molar-refractivity contribution in [1.29, 1.82) is 0 Å². The maximum Gasteiger partial charge on any atom is 0.159 e. The molecule has 0 fully saturated rings. The fraction of sp³-hybridized carbons (Fsp3) is 0.0400. The molecular weight excluding hydrogens is 403 g/mol. The lowest BCUT2D eigenvalue weighted by Crippen LogP contribution is -1.86. The van der Waals surface area contributed by atoms with Crippen molar-refractivity contribution in [2.75, 3.05) is 0 Å². The molecule has 2 N–H and O–H groups in total. The zero-order valence-electron chi connectivity index (χ0n) is 17.1. The van der Waals surface area contributed by atoms with Gasteiger partial charge in [-0.2, -0.15) is 5.10 Å². The summed E-state index contributed by atoms with van der Waals surface area (Å²) in [6.45, 7) is 2.07. The number of aromatic amines is 2. The number of rotatable bonds is 3. The van der Waals surface area contributed by atoms with Crippen LogP contribution in [0.4, 0.5) is 4.39 Å². The third-order valence-electron chi connectivity index (χ3n) is 5.66. The highest BCUT2D eigenvalue weighted by molar-refractivity contribution is 5.97. The molecule has 0 saturated carbocycles. The summed E-state index contributed by atoms with van der Waals surface area (Å²) in [5.41, 5.74) is 7.99. The van der Waals surface area contributed by atoms with E-state index in [0.29, 0.717) is 17.0 Å². The first-order valence-electron chi connectivity index (χ1n) is 10.2. The molecule has 0 amide bonds. The summed E-state index contributed by atoms with van der Waals surface area (Å²) in [5, 5.41) is 8.58. The van der Waals surface area contributed by atoms with Gasteiger partial charge in [0, 0.05) is 35.1 Å². The second-order valence-electron chi connectivity index (χ2n) is 7.67. The van der Waals surface area contributed by atoms with Gasteiger partial charge in [0.15, 0.2) is 5.82 Å². The number of pyridine rings is 2. The minimum Gasteiger partial charge on any atom is -0.336 e. The zero-order valence-corrected chi connectivity index (χ0v) is 17.1.